The fourth-order valence-corrected chi connectivity index (χ4v) is 2.06. The van der Waals surface area contributed by atoms with Gasteiger partial charge in [0.15, 0.2) is 0 Å². The van der Waals surface area contributed by atoms with Gasteiger partial charge in [-0.05, 0) is 37.1 Å². The first kappa shape index (κ1) is 16.1. The molecule has 1 nitrogen and oxygen atoms in total. The molecule has 108 valence electrons. The number of hydrogen-bond donors (Lipinski definition) is 1. The van der Waals surface area contributed by atoms with Gasteiger partial charge in [0.05, 0.1) is 0 Å². The summed E-state index contributed by atoms with van der Waals surface area (Å²) in [6.07, 6.45) is 6.13. The lowest BCUT2D eigenvalue weighted by atomic mass is 10.0. The van der Waals surface area contributed by atoms with Crippen molar-refractivity contribution in [2.45, 2.75) is 52.5 Å². The zero-order valence-corrected chi connectivity index (χ0v) is 12.0. The molecule has 1 N–H and O–H groups in total. The molecule has 0 amide bonds. The average molecular weight is 269 g/mol. The predicted octanol–water partition coefficient (Wildman–Crippen LogP) is 4.66. The zero-order chi connectivity index (χ0) is 14.1. The van der Waals surface area contributed by atoms with E-state index in [0.29, 0.717) is 12.1 Å². The van der Waals surface area contributed by atoms with E-state index in [-0.39, 0.29) is 11.6 Å². The van der Waals surface area contributed by atoms with E-state index in [1.165, 1.54) is 37.8 Å². The third-order valence-electron chi connectivity index (χ3n) is 3.21. The van der Waals surface area contributed by atoms with Crippen LogP contribution in [0.2, 0.25) is 0 Å². The number of unbranched alkanes of at least 4 members (excludes halogenated alkanes) is 3. The number of nitrogens with one attached hydrogen (secondary N) is 1. The number of halogens is 2. The maximum atomic E-state index is 13.3. The number of benzene rings is 1. The Morgan fingerprint density at radius 3 is 2.53 bits per heavy atom. The second-order valence-electron chi connectivity index (χ2n) is 5.51. The Hall–Kier alpha value is -0.960. The average Bonchev–Trinajstić information content (AvgIpc) is 2.36. The van der Waals surface area contributed by atoms with E-state index in [2.05, 4.69) is 19.2 Å². The van der Waals surface area contributed by atoms with Gasteiger partial charge in [0, 0.05) is 12.1 Å². The van der Waals surface area contributed by atoms with Gasteiger partial charge in [-0.3, -0.25) is 0 Å². The van der Waals surface area contributed by atoms with E-state index >= 15 is 0 Å². The second kappa shape index (κ2) is 9.03. The van der Waals surface area contributed by atoms with E-state index in [4.69, 9.17) is 0 Å². The highest BCUT2D eigenvalue weighted by atomic mass is 19.1. The molecule has 0 aliphatic rings. The minimum absolute atomic E-state index is 0.342. The summed E-state index contributed by atoms with van der Waals surface area (Å²) in [5, 5.41) is 3.16. The van der Waals surface area contributed by atoms with Gasteiger partial charge in [0.1, 0.15) is 11.6 Å². The lowest BCUT2D eigenvalue weighted by molar-refractivity contribution is 0.509. The van der Waals surface area contributed by atoms with Gasteiger partial charge in [-0.2, -0.15) is 0 Å². The standard InChI is InChI=1S/C16H25F2N/c1-13(2)7-5-3-4-6-10-19-12-14-11-15(17)8-9-16(14)18/h8-9,11,13,19H,3-7,10,12H2,1-2H3. The lowest BCUT2D eigenvalue weighted by Gasteiger charge is -2.07. The Bertz CT molecular complexity index is 364. The van der Waals surface area contributed by atoms with Crippen molar-refractivity contribution in [2.75, 3.05) is 6.54 Å². The van der Waals surface area contributed by atoms with Crippen LogP contribution in [0.5, 0.6) is 0 Å². The lowest BCUT2D eigenvalue weighted by Crippen LogP contribution is -2.15. The van der Waals surface area contributed by atoms with Crippen LogP contribution in [0.15, 0.2) is 18.2 Å². The molecule has 0 atom stereocenters. The fourth-order valence-electron chi connectivity index (χ4n) is 2.06. The van der Waals surface area contributed by atoms with Crippen LogP contribution >= 0.6 is 0 Å². The third-order valence-corrected chi connectivity index (χ3v) is 3.21. The van der Waals surface area contributed by atoms with Crippen LogP contribution in [0.25, 0.3) is 0 Å². The molecule has 1 rings (SSSR count). The largest absolute Gasteiger partial charge is 0.313 e. The first-order valence-corrected chi connectivity index (χ1v) is 7.24. The molecule has 0 saturated heterocycles. The zero-order valence-electron chi connectivity index (χ0n) is 12.0. The summed E-state index contributed by atoms with van der Waals surface area (Å²) in [6.45, 7) is 5.75. The van der Waals surface area contributed by atoms with Gasteiger partial charge >= 0.3 is 0 Å². The first-order valence-electron chi connectivity index (χ1n) is 7.24. The maximum absolute atomic E-state index is 13.3. The van der Waals surface area contributed by atoms with Gasteiger partial charge < -0.3 is 5.32 Å². The van der Waals surface area contributed by atoms with Crippen LogP contribution in [-0.4, -0.2) is 6.54 Å². The molecule has 0 aliphatic heterocycles. The normalized spacial score (nSPS) is 11.2. The van der Waals surface area contributed by atoms with E-state index in [0.717, 1.165) is 24.9 Å². The van der Waals surface area contributed by atoms with E-state index < -0.39 is 0 Å². The van der Waals surface area contributed by atoms with Crippen LogP contribution < -0.4 is 5.32 Å². The topological polar surface area (TPSA) is 12.0 Å². The van der Waals surface area contributed by atoms with Crippen LogP contribution in [0.3, 0.4) is 0 Å². The van der Waals surface area contributed by atoms with Gasteiger partial charge in [0.25, 0.3) is 0 Å². The molecular formula is C16H25F2N. The minimum Gasteiger partial charge on any atom is -0.313 e. The van der Waals surface area contributed by atoms with Gasteiger partial charge in [0.2, 0.25) is 0 Å². The van der Waals surface area contributed by atoms with Crippen LogP contribution in [0, 0.1) is 17.6 Å². The summed E-state index contributed by atoms with van der Waals surface area (Å²) >= 11 is 0. The van der Waals surface area contributed by atoms with Crippen molar-refractivity contribution >= 4 is 0 Å². The van der Waals surface area contributed by atoms with Crippen molar-refractivity contribution in [3.63, 3.8) is 0 Å². The summed E-state index contributed by atoms with van der Waals surface area (Å²) < 4.78 is 26.2. The molecule has 0 aliphatic carbocycles. The van der Waals surface area contributed by atoms with Crippen LogP contribution in [0.1, 0.15) is 51.5 Å². The predicted molar refractivity (Wildman–Crippen MR) is 76.0 cm³/mol. The smallest absolute Gasteiger partial charge is 0.127 e. The van der Waals surface area contributed by atoms with Crippen molar-refractivity contribution in [3.05, 3.63) is 35.4 Å². The van der Waals surface area contributed by atoms with Crippen molar-refractivity contribution in [1.82, 2.24) is 5.32 Å². The monoisotopic (exact) mass is 269 g/mol. The van der Waals surface area contributed by atoms with Crippen LogP contribution in [-0.2, 0) is 6.54 Å². The quantitative estimate of drug-likeness (QED) is 0.643. The molecule has 0 radical (unpaired) electrons. The molecule has 0 heterocycles. The molecule has 0 bridgehead atoms. The molecular weight excluding hydrogens is 244 g/mol. The Morgan fingerprint density at radius 2 is 1.79 bits per heavy atom. The highest BCUT2D eigenvalue weighted by Gasteiger charge is 2.02. The highest BCUT2D eigenvalue weighted by Crippen LogP contribution is 2.10. The summed E-state index contributed by atoms with van der Waals surface area (Å²) in [6, 6.07) is 3.58. The number of hydrogen-bond acceptors (Lipinski definition) is 1. The third kappa shape index (κ3) is 7.26. The molecule has 0 unspecified atom stereocenters. The van der Waals surface area contributed by atoms with Crippen LogP contribution in [0.4, 0.5) is 8.78 Å². The number of rotatable bonds is 9. The Kier molecular flexibility index (Phi) is 7.65. The molecule has 3 heteroatoms. The molecule has 0 saturated carbocycles. The first-order chi connectivity index (χ1) is 9.09. The Balaban J connectivity index is 2.06. The summed E-state index contributed by atoms with van der Waals surface area (Å²) in [5.74, 6) is 0.0618. The van der Waals surface area contributed by atoms with Crippen molar-refractivity contribution in [2.24, 2.45) is 5.92 Å². The molecule has 0 fully saturated rings. The molecule has 1 aromatic carbocycles. The minimum atomic E-state index is -0.383. The fraction of sp³-hybridized carbons (Fsp3) is 0.625. The second-order valence-corrected chi connectivity index (χ2v) is 5.51. The van der Waals surface area contributed by atoms with Gasteiger partial charge in [-0.1, -0.05) is 39.5 Å². The molecule has 0 aromatic heterocycles. The SMILES string of the molecule is CC(C)CCCCCCNCc1cc(F)ccc1F. The van der Waals surface area contributed by atoms with E-state index in [1.54, 1.807) is 0 Å². The van der Waals surface area contributed by atoms with Crippen molar-refractivity contribution in [3.8, 4) is 0 Å². The highest BCUT2D eigenvalue weighted by molar-refractivity contribution is 5.18. The van der Waals surface area contributed by atoms with E-state index in [1.807, 2.05) is 0 Å². The summed E-state index contributed by atoms with van der Waals surface area (Å²) in [4.78, 5) is 0. The molecule has 1 aromatic rings. The summed E-state index contributed by atoms with van der Waals surface area (Å²) in [5.41, 5.74) is 0.403. The van der Waals surface area contributed by atoms with Crippen molar-refractivity contribution in [1.29, 1.82) is 0 Å². The Morgan fingerprint density at radius 1 is 1.05 bits per heavy atom. The summed E-state index contributed by atoms with van der Waals surface area (Å²) in [7, 11) is 0. The van der Waals surface area contributed by atoms with Gasteiger partial charge in [-0.25, -0.2) is 8.78 Å². The Labute approximate surface area is 115 Å². The maximum Gasteiger partial charge on any atom is 0.127 e. The molecule has 0 spiro atoms. The van der Waals surface area contributed by atoms with E-state index in [9.17, 15) is 8.78 Å². The van der Waals surface area contributed by atoms with Gasteiger partial charge in [-0.15, -0.1) is 0 Å². The molecule has 19 heavy (non-hydrogen) atoms. The van der Waals surface area contributed by atoms with Crippen molar-refractivity contribution < 1.29 is 8.78 Å².